The molecular weight excluding hydrogens is 196 g/mol. The van der Waals surface area contributed by atoms with Gasteiger partial charge >= 0.3 is 0 Å². The molecule has 0 saturated heterocycles. The summed E-state index contributed by atoms with van der Waals surface area (Å²) >= 11 is 0. The van der Waals surface area contributed by atoms with Crippen LogP contribution in [0.5, 0.6) is 11.5 Å². The molecule has 1 aromatic carbocycles. The fourth-order valence-corrected chi connectivity index (χ4v) is 1.06. The first-order valence-electron chi connectivity index (χ1n) is 4.70. The molecule has 4 heteroatoms. The van der Waals surface area contributed by atoms with E-state index in [0.717, 1.165) is 11.5 Å². The van der Waals surface area contributed by atoms with Crippen molar-refractivity contribution < 1.29 is 19.3 Å². The van der Waals surface area contributed by atoms with Crippen LogP contribution in [-0.2, 0) is 4.74 Å². The van der Waals surface area contributed by atoms with Crippen molar-refractivity contribution in [2.24, 2.45) is 0 Å². The minimum Gasteiger partial charge on any atom is -0.497 e. The normalized spacial score (nSPS) is 12.2. The Hall–Kier alpha value is -1.26. The number of aliphatic hydroxyl groups is 1. The van der Waals surface area contributed by atoms with Crippen molar-refractivity contribution in [3.05, 3.63) is 24.3 Å². The van der Waals surface area contributed by atoms with Gasteiger partial charge in [-0.05, 0) is 24.3 Å². The van der Waals surface area contributed by atoms with Gasteiger partial charge in [0.1, 0.15) is 24.2 Å². The summed E-state index contributed by atoms with van der Waals surface area (Å²) < 4.78 is 15.4. The third-order valence-corrected chi connectivity index (χ3v) is 2.03. The molecule has 0 fully saturated rings. The molecule has 0 unspecified atom stereocenters. The van der Waals surface area contributed by atoms with Crippen LogP contribution in [0, 0.1) is 0 Å². The van der Waals surface area contributed by atoms with Crippen LogP contribution in [-0.4, -0.2) is 38.6 Å². The SMILES string of the molecule is COc1ccc(OC[C@@H](CO)OC)cc1. The maximum Gasteiger partial charge on any atom is 0.119 e. The molecule has 0 amide bonds. The van der Waals surface area contributed by atoms with Crippen LogP contribution in [0.3, 0.4) is 0 Å². The van der Waals surface area contributed by atoms with E-state index >= 15 is 0 Å². The Morgan fingerprint density at radius 2 is 1.73 bits per heavy atom. The number of methoxy groups -OCH3 is 2. The molecule has 0 saturated carbocycles. The Labute approximate surface area is 89.4 Å². The van der Waals surface area contributed by atoms with Crippen molar-refractivity contribution in [2.75, 3.05) is 27.4 Å². The predicted octanol–water partition coefficient (Wildman–Crippen LogP) is 1.08. The van der Waals surface area contributed by atoms with E-state index in [1.165, 1.54) is 7.11 Å². The van der Waals surface area contributed by atoms with Crippen molar-refractivity contribution in [1.82, 2.24) is 0 Å². The van der Waals surface area contributed by atoms with Crippen molar-refractivity contribution in [1.29, 1.82) is 0 Å². The molecule has 0 heterocycles. The van der Waals surface area contributed by atoms with Gasteiger partial charge in [-0.15, -0.1) is 0 Å². The van der Waals surface area contributed by atoms with Crippen LogP contribution in [0.15, 0.2) is 24.3 Å². The van der Waals surface area contributed by atoms with Crippen molar-refractivity contribution in [3.63, 3.8) is 0 Å². The standard InChI is InChI=1S/C11H16O4/c1-13-9-3-5-10(6-4-9)15-8-11(7-12)14-2/h3-6,11-12H,7-8H2,1-2H3/t11-/m1/s1. The summed E-state index contributed by atoms with van der Waals surface area (Å²) in [4.78, 5) is 0. The van der Waals surface area contributed by atoms with E-state index in [0.29, 0.717) is 6.61 Å². The van der Waals surface area contributed by atoms with Gasteiger partial charge in [-0.3, -0.25) is 0 Å². The first-order chi connectivity index (χ1) is 7.30. The Bertz CT molecular complexity index is 266. The number of ether oxygens (including phenoxy) is 3. The second kappa shape index (κ2) is 6.27. The highest BCUT2D eigenvalue weighted by molar-refractivity contribution is 5.31. The molecule has 1 rings (SSSR count). The largest absolute Gasteiger partial charge is 0.497 e. The van der Waals surface area contributed by atoms with Crippen molar-refractivity contribution in [2.45, 2.75) is 6.10 Å². The van der Waals surface area contributed by atoms with Crippen LogP contribution in [0.25, 0.3) is 0 Å². The highest BCUT2D eigenvalue weighted by Crippen LogP contribution is 2.17. The molecular formula is C11H16O4. The van der Waals surface area contributed by atoms with Gasteiger partial charge in [-0.2, -0.15) is 0 Å². The van der Waals surface area contributed by atoms with E-state index in [1.54, 1.807) is 7.11 Å². The maximum atomic E-state index is 8.86. The zero-order chi connectivity index (χ0) is 11.1. The van der Waals surface area contributed by atoms with Crippen molar-refractivity contribution >= 4 is 0 Å². The summed E-state index contributed by atoms with van der Waals surface area (Å²) in [5.74, 6) is 1.51. The zero-order valence-corrected chi connectivity index (χ0v) is 8.97. The molecule has 1 aromatic rings. The predicted molar refractivity (Wildman–Crippen MR) is 56.4 cm³/mol. The van der Waals surface area contributed by atoms with Gasteiger partial charge in [0.2, 0.25) is 0 Å². The monoisotopic (exact) mass is 212 g/mol. The molecule has 84 valence electrons. The zero-order valence-electron chi connectivity index (χ0n) is 8.97. The molecule has 0 aliphatic rings. The minimum absolute atomic E-state index is 0.0490. The van der Waals surface area contributed by atoms with Gasteiger partial charge in [-0.1, -0.05) is 0 Å². The van der Waals surface area contributed by atoms with Gasteiger partial charge in [0.25, 0.3) is 0 Å². The smallest absolute Gasteiger partial charge is 0.119 e. The molecule has 0 aliphatic heterocycles. The Kier molecular flexibility index (Phi) is 4.93. The molecule has 4 nitrogen and oxygen atoms in total. The Morgan fingerprint density at radius 1 is 1.13 bits per heavy atom. The quantitative estimate of drug-likeness (QED) is 0.766. The summed E-state index contributed by atoms with van der Waals surface area (Å²) in [7, 11) is 3.15. The number of hydrogen-bond acceptors (Lipinski definition) is 4. The molecule has 0 aliphatic carbocycles. The fourth-order valence-electron chi connectivity index (χ4n) is 1.06. The lowest BCUT2D eigenvalue weighted by atomic mass is 10.3. The molecule has 0 bridgehead atoms. The first-order valence-corrected chi connectivity index (χ1v) is 4.70. The first kappa shape index (κ1) is 11.8. The molecule has 15 heavy (non-hydrogen) atoms. The lowest BCUT2D eigenvalue weighted by Crippen LogP contribution is -2.24. The van der Waals surface area contributed by atoms with E-state index < -0.39 is 0 Å². The second-order valence-electron chi connectivity index (χ2n) is 3.03. The van der Waals surface area contributed by atoms with Crippen LogP contribution in [0.2, 0.25) is 0 Å². The van der Waals surface area contributed by atoms with Crippen LogP contribution in [0.4, 0.5) is 0 Å². The van der Waals surface area contributed by atoms with E-state index in [9.17, 15) is 0 Å². The highest BCUT2D eigenvalue weighted by atomic mass is 16.5. The molecule has 0 spiro atoms. The van der Waals surface area contributed by atoms with E-state index in [1.807, 2.05) is 24.3 Å². The minimum atomic E-state index is -0.285. The van der Waals surface area contributed by atoms with E-state index in [4.69, 9.17) is 19.3 Å². The molecule has 0 aromatic heterocycles. The van der Waals surface area contributed by atoms with Crippen molar-refractivity contribution in [3.8, 4) is 11.5 Å². The Morgan fingerprint density at radius 3 is 2.20 bits per heavy atom. The summed E-state index contributed by atoms with van der Waals surface area (Å²) in [5, 5.41) is 8.86. The number of aliphatic hydroxyl groups excluding tert-OH is 1. The summed E-state index contributed by atoms with van der Waals surface area (Å²) in [6.07, 6.45) is -0.285. The average Bonchev–Trinajstić information content (AvgIpc) is 2.31. The topological polar surface area (TPSA) is 47.9 Å². The van der Waals surface area contributed by atoms with E-state index in [2.05, 4.69) is 0 Å². The number of rotatable bonds is 6. The van der Waals surface area contributed by atoms with Crippen LogP contribution >= 0.6 is 0 Å². The Balaban J connectivity index is 2.43. The van der Waals surface area contributed by atoms with Gasteiger partial charge in [-0.25, -0.2) is 0 Å². The lowest BCUT2D eigenvalue weighted by Gasteiger charge is -2.13. The van der Waals surface area contributed by atoms with Gasteiger partial charge in [0.15, 0.2) is 0 Å². The average molecular weight is 212 g/mol. The summed E-state index contributed by atoms with van der Waals surface area (Å²) in [6.45, 7) is 0.284. The van der Waals surface area contributed by atoms with E-state index in [-0.39, 0.29) is 12.7 Å². The third-order valence-electron chi connectivity index (χ3n) is 2.03. The van der Waals surface area contributed by atoms with Gasteiger partial charge in [0, 0.05) is 7.11 Å². The maximum absolute atomic E-state index is 8.86. The van der Waals surface area contributed by atoms with Gasteiger partial charge < -0.3 is 19.3 Å². The third kappa shape index (κ3) is 3.77. The molecule has 0 radical (unpaired) electrons. The van der Waals surface area contributed by atoms with Crippen LogP contribution < -0.4 is 9.47 Å². The lowest BCUT2D eigenvalue weighted by molar-refractivity contribution is 0.0164. The molecule has 1 atom stereocenters. The number of hydrogen-bond donors (Lipinski definition) is 1. The van der Waals surface area contributed by atoms with Crippen LogP contribution in [0.1, 0.15) is 0 Å². The fraction of sp³-hybridized carbons (Fsp3) is 0.455. The molecule has 1 N–H and O–H groups in total. The van der Waals surface area contributed by atoms with Gasteiger partial charge in [0.05, 0.1) is 13.7 Å². The summed E-state index contributed by atoms with van der Waals surface area (Å²) in [5.41, 5.74) is 0. The second-order valence-corrected chi connectivity index (χ2v) is 3.03. The summed E-state index contributed by atoms with van der Waals surface area (Å²) in [6, 6.07) is 7.25. The highest BCUT2D eigenvalue weighted by Gasteiger charge is 2.05. The number of benzene rings is 1.